The molecule has 1 aliphatic rings. The third kappa shape index (κ3) is 3.18. The number of β-amino-alcohol motifs (C(OH)–C–C–N with tert-alkyl or cyclic N) is 1. The first-order valence-corrected chi connectivity index (χ1v) is 7.17. The van der Waals surface area contributed by atoms with Crippen molar-refractivity contribution in [3.8, 4) is 0 Å². The molecule has 0 bridgehead atoms. The Morgan fingerprint density at radius 1 is 1.47 bits per heavy atom. The van der Waals surface area contributed by atoms with Crippen LogP contribution in [-0.4, -0.2) is 34.2 Å². The van der Waals surface area contributed by atoms with E-state index in [1.54, 1.807) is 0 Å². The van der Waals surface area contributed by atoms with Gasteiger partial charge in [-0.05, 0) is 25.8 Å². The average molecular weight is 266 g/mol. The molecule has 2 rings (SSSR count). The number of rotatable bonds is 2. The molecule has 3 atom stereocenters. The molecular weight excluding hydrogens is 240 g/mol. The first kappa shape index (κ1) is 14.5. The van der Waals surface area contributed by atoms with Crippen LogP contribution in [-0.2, 0) is 5.41 Å². The second-order valence-electron chi connectivity index (χ2n) is 6.82. The minimum Gasteiger partial charge on any atom is -0.443 e. The van der Waals surface area contributed by atoms with Gasteiger partial charge in [0.1, 0.15) is 5.76 Å². The van der Waals surface area contributed by atoms with E-state index >= 15 is 0 Å². The van der Waals surface area contributed by atoms with Gasteiger partial charge in [0, 0.05) is 12.0 Å². The molecule has 1 aliphatic heterocycles. The molecular formula is C15H26N2O2. The number of aromatic nitrogens is 1. The molecule has 4 heteroatoms. The second kappa shape index (κ2) is 5.25. The molecule has 3 unspecified atom stereocenters. The highest BCUT2D eigenvalue weighted by Gasteiger charge is 2.30. The van der Waals surface area contributed by atoms with Crippen LogP contribution in [0.4, 0.5) is 0 Å². The third-order valence-electron chi connectivity index (χ3n) is 4.12. The van der Waals surface area contributed by atoms with Gasteiger partial charge in [-0.25, -0.2) is 4.98 Å². The van der Waals surface area contributed by atoms with Crippen molar-refractivity contribution in [2.45, 2.75) is 58.6 Å². The van der Waals surface area contributed by atoms with Crippen molar-refractivity contribution in [3.05, 3.63) is 17.8 Å². The van der Waals surface area contributed by atoms with Gasteiger partial charge in [0.25, 0.3) is 0 Å². The van der Waals surface area contributed by atoms with Crippen LogP contribution in [0, 0.1) is 5.92 Å². The van der Waals surface area contributed by atoms with Crippen molar-refractivity contribution in [2.24, 2.45) is 5.92 Å². The number of aliphatic hydroxyl groups is 1. The van der Waals surface area contributed by atoms with Gasteiger partial charge in [-0.1, -0.05) is 27.7 Å². The van der Waals surface area contributed by atoms with Gasteiger partial charge >= 0.3 is 0 Å². The molecule has 0 aromatic carbocycles. The first-order valence-electron chi connectivity index (χ1n) is 7.17. The lowest BCUT2D eigenvalue weighted by Gasteiger charge is -2.36. The van der Waals surface area contributed by atoms with Crippen LogP contribution in [0.3, 0.4) is 0 Å². The Bertz CT molecular complexity index is 422. The average Bonchev–Trinajstić information content (AvgIpc) is 2.81. The van der Waals surface area contributed by atoms with E-state index in [4.69, 9.17) is 4.42 Å². The number of piperidine rings is 1. The summed E-state index contributed by atoms with van der Waals surface area (Å²) >= 11 is 0. The Kier molecular flexibility index (Phi) is 4.02. The van der Waals surface area contributed by atoms with Crippen LogP contribution in [0.1, 0.15) is 58.7 Å². The minimum absolute atomic E-state index is 0.0130. The second-order valence-corrected chi connectivity index (χ2v) is 6.82. The largest absolute Gasteiger partial charge is 0.443 e. The smallest absolute Gasteiger partial charge is 0.211 e. The summed E-state index contributed by atoms with van der Waals surface area (Å²) in [5.74, 6) is 2.06. The van der Waals surface area contributed by atoms with E-state index in [9.17, 15) is 5.11 Å². The Labute approximate surface area is 115 Å². The van der Waals surface area contributed by atoms with E-state index in [-0.39, 0.29) is 17.6 Å². The van der Waals surface area contributed by atoms with E-state index in [2.05, 4.69) is 44.5 Å². The third-order valence-corrected chi connectivity index (χ3v) is 4.12. The Balaban J connectivity index is 2.07. The zero-order valence-electron chi connectivity index (χ0n) is 12.7. The summed E-state index contributed by atoms with van der Waals surface area (Å²) in [6, 6.07) is 0.123. The van der Waals surface area contributed by atoms with Crippen molar-refractivity contribution < 1.29 is 9.52 Å². The fraction of sp³-hybridized carbons (Fsp3) is 0.800. The maximum atomic E-state index is 9.99. The number of aliphatic hydroxyl groups excluding tert-OH is 1. The van der Waals surface area contributed by atoms with Crippen LogP contribution >= 0.6 is 0 Å². The number of nitrogens with zero attached hydrogens (tertiary/aromatic N) is 2. The van der Waals surface area contributed by atoms with Crippen LogP contribution < -0.4 is 0 Å². The molecule has 1 N–H and O–H groups in total. The van der Waals surface area contributed by atoms with Crippen molar-refractivity contribution in [1.82, 2.24) is 9.88 Å². The molecule has 0 aliphatic carbocycles. The van der Waals surface area contributed by atoms with Gasteiger partial charge in [0.05, 0.1) is 18.3 Å². The van der Waals surface area contributed by atoms with Gasteiger partial charge in [0.15, 0.2) is 0 Å². The monoisotopic (exact) mass is 266 g/mol. The standard InChI is InChI=1S/C15H26N2O2/c1-10-6-7-17(9-12(10)18)11(2)14-16-8-13(19-14)15(3,4)5/h8,10-12,18H,6-7,9H2,1-5H3. The summed E-state index contributed by atoms with van der Waals surface area (Å²) < 4.78 is 5.89. The summed E-state index contributed by atoms with van der Waals surface area (Å²) in [7, 11) is 0. The predicted octanol–water partition coefficient (Wildman–Crippen LogP) is 2.74. The molecule has 4 nitrogen and oxygen atoms in total. The molecule has 1 aromatic heterocycles. The molecule has 0 spiro atoms. The Morgan fingerprint density at radius 3 is 2.68 bits per heavy atom. The maximum Gasteiger partial charge on any atom is 0.211 e. The topological polar surface area (TPSA) is 49.5 Å². The van der Waals surface area contributed by atoms with Gasteiger partial charge in [-0.3, -0.25) is 4.90 Å². The lowest BCUT2D eigenvalue weighted by molar-refractivity contribution is 0.00775. The number of hydrogen-bond donors (Lipinski definition) is 1. The van der Waals surface area contributed by atoms with E-state index in [1.807, 2.05) is 6.20 Å². The molecule has 108 valence electrons. The van der Waals surface area contributed by atoms with Gasteiger partial charge in [-0.15, -0.1) is 0 Å². The normalized spacial score (nSPS) is 27.5. The zero-order valence-corrected chi connectivity index (χ0v) is 12.7. The van der Waals surface area contributed by atoms with E-state index in [1.165, 1.54) is 0 Å². The number of hydrogen-bond acceptors (Lipinski definition) is 4. The lowest BCUT2D eigenvalue weighted by Crippen LogP contribution is -2.43. The lowest BCUT2D eigenvalue weighted by atomic mass is 9.94. The van der Waals surface area contributed by atoms with Crippen molar-refractivity contribution in [2.75, 3.05) is 13.1 Å². The predicted molar refractivity (Wildman–Crippen MR) is 75.0 cm³/mol. The highest BCUT2D eigenvalue weighted by atomic mass is 16.4. The first-order chi connectivity index (χ1) is 8.79. The van der Waals surface area contributed by atoms with Crippen LogP contribution in [0.15, 0.2) is 10.6 Å². The molecule has 0 radical (unpaired) electrons. The highest BCUT2D eigenvalue weighted by Crippen LogP contribution is 2.29. The van der Waals surface area contributed by atoms with Crippen molar-refractivity contribution >= 4 is 0 Å². The summed E-state index contributed by atoms with van der Waals surface area (Å²) in [6.07, 6.45) is 2.61. The van der Waals surface area contributed by atoms with Crippen molar-refractivity contribution in [1.29, 1.82) is 0 Å². The highest BCUT2D eigenvalue weighted by molar-refractivity contribution is 5.07. The molecule has 19 heavy (non-hydrogen) atoms. The fourth-order valence-electron chi connectivity index (χ4n) is 2.41. The molecule has 1 aromatic rings. The zero-order chi connectivity index (χ0) is 14.2. The number of oxazole rings is 1. The van der Waals surface area contributed by atoms with E-state index < -0.39 is 0 Å². The summed E-state index contributed by atoms with van der Waals surface area (Å²) in [5.41, 5.74) is -0.0130. The fourth-order valence-corrected chi connectivity index (χ4v) is 2.41. The summed E-state index contributed by atoms with van der Waals surface area (Å²) in [5, 5.41) is 9.99. The quantitative estimate of drug-likeness (QED) is 0.894. The maximum absolute atomic E-state index is 9.99. The van der Waals surface area contributed by atoms with E-state index in [0.717, 1.165) is 24.6 Å². The van der Waals surface area contributed by atoms with E-state index in [0.29, 0.717) is 12.5 Å². The van der Waals surface area contributed by atoms with Crippen LogP contribution in [0.2, 0.25) is 0 Å². The SMILES string of the molecule is CC1CCN(C(C)c2ncc(C(C)(C)C)o2)CC1O. The number of likely N-dealkylation sites (tertiary alicyclic amines) is 1. The molecule has 1 saturated heterocycles. The Morgan fingerprint density at radius 2 is 2.16 bits per heavy atom. The van der Waals surface area contributed by atoms with Gasteiger partial charge in [0.2, 0.25) is 5.89 Å². The molecule has 1 fully saturated rings. The van der Waals surface area contributed by atoms with Crippen molar-refractivity contribution in [3.63, 3.8) is 0 Å². The van der Waals surface area contributed by atoms with Crippen LogP contribution in [0.5, 0.6) is 0 Å². The van der Waals surface area contributed by atoms with Gasteiger partial charge < -0.3 is 9.52 Å². The van der Waals surface area contributed by atoms with Crippen LogP contribution in [0.25, 0.3) is 0 Å². The molecule has 2 heterocycles. The van der Waals surface area contributed by atoms with Gasteiger partial charge in [-0.2, -0.15) is 0 Å². The minimum atomic E-state index is -0.242. The molecule has 0 amide bonds. The molecule has 0 saturated carbocycles. The Hall–Kier alpha value is -0.870. The summed E-state index contributed by atoms with van der Waals surface area (Å²) in [6.45, 7) is 12.3. The summed E-state index contributed by atoms with van der Waals surface area (Å²) in [4.78, 5) is 6.66.